The molecule has 1 saturated carbocycles. The molecule has 2 aromatic carbocycles. The van der Waals surface area contributed by atoms with Crippen molar-refractivity contribution >= 4 is 35.0 Å². The van der Waals surface area contributed by atoms with Crippen LogP contribution in [0.5, 0.6) is 0 Å². The van der Waals surface area contributed by atoms with E-state index in [-0.39, 0.29) is 23.3 Å². The van der Waals surface area contributed by atoms with Crippen molar-refractivity contribution in [3.8, 4) is 0 Å². The van der Waals surface area contributed by atoms with Gasteiger partial charge in [-0.05, 0) is 60.4 Å². The monoisotopic (exact) mass is 502 g/mol. The second-order valence-corrected chi connectivity index (χ2v) is 11.2. The Morgan fingerprint density at radius 2 is 1.62 bits per heavy atom. The number of carbonyl (C=O) groups excluding carboxylic acids is 2. The van der Waals surface area contributed by atoms with Crippen LogP contribution in [-0.4, -0.2) is 28.8 Å². The van der Waals surface area contributed by atoms with Crippen molar-refractivity contribution in [2.24, 2.45) is 0 Å². The Hall–Kier alpha value is -2.04. The second kappa shape index (κ2) is 11.6. The molecule has 1 aliphatic carbocycles. The zero-order chi connectivity index (χ0) is 24.9. The molecule has 0 radical (unpaired) electrons. The lowest BCUT2D eigenvalue weighted by atomic mass is 9.86. The van der Waals surface area contributed by atoms with Gasteiger partial charge >= 0.3 is 0 Å². The maximum absolute atomic E-state index is 13.4. The molecular formula is C28H36Cl2N2O2. The van der Waals surface area contributed by atoms with Crippen molar-refractivity contribution in [1.29, 1.82) is 0 Å². The maximum Gasteiger partial charge on any atom is 0.242 e. The summed E-state index contributed by atoms with van der Waals surface area (Å²) in [6, 6.07) is 13.4. The van der Waals surface area contributed by atoms with Gasteiger partial charge in [0, 0.05) is 19.0 Å². The fourth-order valence-electron chi connectivity index (χ4n) is 4.38. The van der Waals surface area contributed by atoms with Crippen LogP contribution in [0.25, 0.3) is 0 Å². The molecule has 0 bridgehead atoms. The summed E-state index contributed by atoms with van der Waals surface area (Å²) in [5.41, 5.74) is 3.31. The molecule has 0 saturated heterocycles. The molecule has 0 heterocycles. The van der Waals surface area contributed by atoms with Crippen LogP contribution >= 0.6 is 23.2 Å². The van der Waals surface area contributed by atoms with E-state index >= 15 is 0 Å². The molecule has 1 aliphatic rings. The third kappa shape index (κ3) is 7.23. The van der Waals surface area contributed by atoms with Gasteiger partial charge in [0.05, 0.1) is 10.0 Å². The molecule has 0 aliphatic heterocycles. The molecule has 2 aromatic rings. The van der Waals surface area contributed by atoms with Gasteiger partial charge in [-0.3, -0.25) is 9.59 Å². The number of amides is 2. The van der Waals surface area contributed by atoms with E-state index in [1.807, 2.05) is 6.07 Å². The molecule has 1 atom stereocenters. The van der Waals surface area contributed by atoms with Gasteiger partial charge in [-0.2, -0.15) is 0 Å². The fraction of sp³-hybridized carbons (Fsp3) is 0.500. The number of carbonyl (C=O) groups is 2. The molecule has 0 unspecified atom stereocenters. The molecule has 0 aromatic heterocycles. The van der Waals surface area contributed by atoms with Gasteiger partial charge < -0.3 is 10.2 Å². The van der Waals surface area contributed by atoms with Gasteiger partial charge in [0.25, 0.3) is 0 Å². The highest BCUT2D eigenvalue weighted by molar-refractivity contribution is 6.42. The number of aryl methyl sites for hydroxylation is 1. The first-order valence-electron chi connectivity index (χ1n) is 12.2. The van der Waals surface area contributed by atoms with Crippen LogP contribution < -0.4 is 5.32 Å². The van der Waals surface area contributed by atoms with E-state index in [4.69, 9.17) is 23.2 Å². The first-order chi connectivity index (χ1) is 16.0. The minimum absolute atomic E-state index is 0.0555. The van der Waals surface area contributed by atoms with Crippen molar-refractivity contribution in [1.82, 2.24) is 10.2 Å². The van der Waals surface area contributed by atoms with Crippen LogP contribution in [0.1, 0.15) is 76.5 Å². The van der Waals surface area contributed by atoms with Gasteiger partial charge in [0.2, 0.25) is 11.8 Å². The lowest BCUT2D eigenvalue weighted by Gasteiger charge is -2.30. The van der Waals surface area contributed by atoms with Crippen molar-refractivity contribution in [2.75, 3.05) is 0 Å². The summed E-state index contributed by atoms with van der Waals surface area (Å²) in [4.78, 5) is 28.0. The lowest BCUT2D eigenvalue weighted by Crippen LogP contribution is -2.49. The third-order valence-corrected chi connectivity index (χ3v) is 7.39. The van der Waals surface area contributed by atoms with Gasteiger partial charge in [-0.15, -0.1) is 0 Å². The maximum atomic E-state index is 13.4. The van der Waals surface area contributed by atoms with Crippen LogP contribution in [0.2, 0.25) is 10.0 Å². The smallest absolute Gasteiger partial charge is 0.242 e. The van der Waals surface area contributed by atoms with E-state index in [0.29, 0.717) is 29.4 Å². The molecule has 3 rings (SSSR count). The average Bonchev–Trinajstić information content (AvgIpc) is 3.30. The second-order valence-electron chi connectivity index (χ2n) is 10.4. The van der Waals surface area contributed by atoms with E-state index in [0.717, 1.165) is 36.8 Å². The first kappa shape index (κ1) is 26.6. The fourth-order valence-corrected chi connectivity index (χ4v) is 4.70. The SMILES string of the molecule is C[C@@H](C(=O)NC1CCCC1)N(Cc1ccc(Cl)c(Cl)c1)C(=O)CCc1ccc(C(C)(C)C)cc1. The summed E-state index contributed by atoms with van der Waals surface area (Å²) in [5.74, 6) is -0.158. The summed E-state index contributed by atoms with van der Waals surface area (Å²) < 4.78 is 0. The third-order valence-electron chi connectivity index (χ3n) is 6.65. The Labute approximate surface area is 214 Å². The van der Waals surface area contributed by atoms with Crippen LogP contribution in [-0.2, 0) is 28.0 Å². The highest BCUT2D eigenvalue weighted by Gasteiger charge is 2.28. The highest BCUT2D eigenvalue weighted by atomic mass is 35.5. The summed E-state index contributed by atoms with van der Waals surface area (Å²) in [5, 5.41) is 4.04. The minimum atomic E-state index is -0.578. The summed E-state index contributed by atoms with van der Waals surface area (Å²) in [7, 11) is 0. The number of halogens is 2. The van der Waals surface area contributed by atoms with E-state index in [9.17, 15) is 9.59 Å². The predicted octanol–water partition coefficient (Wildman–Crippen LogP) is 6.70. The zero-order valence-electron chi connectivity index (χ0n) is 20.7. The standard InChI is InChI=1S/C28H36Cl2N2O2/c1-19(27(34)31-23-7-5-6-8-23)32(18-21-11-15-24(29)25(30)17-21)26(33)16-12-20-9-13-22(14-10-20)28(2,3)4/h9-11,13-15,17,19,23H,5-8,12,16,18H2,1-4H3,(H,31,34)/t19-/m0/s1. The number of hydrogen-bond donors (Lipinski definition) is 1. The Balaban J connectivity index is 1.72. The summed E-state index contributed by atoms with van der Waals surface area (Å²) in [6.07, 6.45) is 5.24. The number of nitrogens with zero attached hydrogens (tertiary/aromatic N) is 1. The predicted molar refractivity (Wildman–Crippen MR) is 140 cm³/mol. The van der Waals surface area contributed by atoms with Crippen molar-refractivity contribution in [3.05, 3.63) is 69.2 Å². The van der Waals surface area contributed by atoms with Crippen molar-refractivity contribution in [2.45, 2.75) is 90.3 Å². The van der Waals surface area contributed by atoms with Crippen LogP contribution in [0, 0.1) is 0 Å². The Bertz CT molecular complexity index is 992. The summed E-state index contributed by atoms with van der Waals surface area (Å²) in [6.45, 7) is 8.66. The van der Waals surface area contributed by atoms with E-state index in [2.05, 4.69) is 50.4 Å². The van der Waals surface area contributed by atoms with Crippen LogP contribution in [0.4, 0.5) is 0 Å². The Morgan fingerprint density at radius 1 is 1.00 bits per heavy atom. The van der Waals surface area contributed by atoms with Gasteiger partial charge in [-0.25, -0.2) is 0 Å². The molecular weight excluding hydrogens is 467 g/mol. The van der Waals surface area contributed by atoms with Gasteiger partial charge in [0.15, 0.2) is 0 Å². The minimum Gasteiger partial charge on any atom is -0.352 e. The molecule has 4 nitrogen and oxygen atoms in total. The lowest BCUT2D eigenvalue weighted by molar-refractivity contribution is -0.140. The molecule has 1 fully saturated rings. The van der Waals surface area contributed by atoms with Crippen LogP contribution in [0.15, 0.2) is 42.5 Å². The summed E-state index contributed by atoms with van der Waals surface area (Å²) >= 11 is 12.3. The molecule has 6 heteroatoms. The molecule has 184 valence electrons. The van der Waals surface area contributed by atoms with E-state index in [1.165, 1.54) is 5.56 Å². The van der Waals surface area contributed by atoms with Gasteiger partial charge in [-0.1, -0.05) is 87.1 Å². The zero-order valence-corrected chi connectivity index (χ0v) is 22.2. The average molecular weight is 504 g/mol. The molecule has 2 amide bonds. The quantitative estimate of drug-likeness (QED) is 0.436. The Kier molecular flexibility index (Phi) is 9.06. The largest absolute Gasteiger partial charge is 0.352 e. The van der Waals surface area contributed by atoms with Gasteiger partial charge in [0.1, 0.15) is 6.04 Å². The topological polar surface area (TPSA) is 49.4 Å². The normalized spacial score (nSPS) is 15.2. The van der Waals surface area contributed by atoms with Crippen molar-refractivity contribution < 1.29 is 9.59 Å². The first-order valence-corrected chi connectivity index (χ1v) is 12.9. The Morgan fingerprint density at radius 3 is 2.21 bits per heavy atom. The number of benzene rings is 2. The number of rotatable bonds is 8. The highest BCUT2D eigenvalue weighted by Crippen LogP contribution is 2.25. The van der Waals surface area contributed by atoms with Crippen LogP contribution in [0.3, 0.4) is 0 Å². The molecule has 1 N–H and O–H groups in total. The number of nitrogens with one attached hydrogen (secondary N) is 1. The molecule has 0 spiro atoms. The molecule has 34 heavy (non-hydrogen) atoms. The van der Waals surface area contributed by atoms with E-state index < -0.39 is 6.04 Å². The van der Waals surface area contributed by atoms with Crippen molar-refractivity contribution in [3.63, 3.8) is 0 Å². The number of hydrogen-bond acceptors (Lipinski definition) is 2. The van der Waals surface area contributed by atoms with E-state index in [1.54, 1.807) is 24.0 Å².